The summed E-state index contributed by atoms with van der Waals surface area (Å²) in [4.78, 5) is 0. The van der Waals surface area contributed by atoms with E-state index < -0.39 is 0 Å². The first kappa shape index (κ1) is 13.0. The molecule has 0 aliphatic heterocycles. The van der Waals surface area contributed by atoms with E-state index in [1.807, 2.05) is 0 Å². The van der Waals surface area contributed by atoms with E-state index in [1.54, 1.807) is 0 Å². The van der Waals surface area contributed by atoms with Crippen molar-refractivity contribution in [3.63, 3.8) is 0 Å². The maximum absolute atomic E-state index is 5.84. The van der Waals surface area contributed by atoms with E-state index in [4.69, 9.17) is 9.47 Å². The molecular weight excluding hydrogens is 188 g/mol. The molecule has 0 heterocycles. The molecule has 1 aliphatic rings. The summed E-state index contributed by atoms with van der Waals surface area (Å²) in [7, 11) is 0. The molecule has 0 radical (unpaired) electrons. The first-order valence-corrected chi connectivity index (χ1v) is 6.56. The number of hydrogen-bond acceptors (Lipinski definition) is 2. The third kappa shape index (κ3) is 3.76. The largest absolute Gasteiger partial charge is 0.378 e. The van der Waals surface area contributed by atoms with Crippen molar-refractivity contribution >= 4 is 0 Å². The van der Waals surface area contributed by atoms with Crippen molar-refractivity contribution in [1.82, 2.24) is 0 Å². The molecule has 2 heteroatoms. The van der Waals surface area contributed by atoms with E-state index in [0.717, 1.165) is 13.2 Å². The summed E-state index contributed by atoms with van der Waals surface area (Å²) in [5, 5.41) is 0. The van der Waals surface area contributed by atoms with E-state index in [9.17, 15) is 0 Å². The quantitative estimate of drug-likeness (QED) is 0.674. The van der Waals surface area contributed by atoms with Crippen LogP contribution in [0.4, 0.5) is 0 Å². The molecular formula is C13H26O2. The fraction of sp³-hybridized carbons (Fsp3) is 1.00. The molecule has 2 nitrogen and oxygen atoms in total. The zero-order valence-corrected chi connectivity index (χ0v) is 10.5. The van der Waals surface area contributed by atoms with Crippen molar-refractivity contribution in [2.75, 3.05) is 13.2 Å². The first-order chi connectivity index (χ1) is 7.33. The van der Waals surface area contributed by atoms with Crippen LogP contribution in [0, 0.1) is 5.92 Å². The summed E-state index contributed by atoms with van der Waals surface area (Å²) < 4.78 is 11.7. The van der Waals surface area contributed by atoms with Crippen molar-refractivity contribution < 1.29 is 9.47 Å². The highest BCUT2D eigenvalue weighted by molar-refractivity contribution is 4.83. The predicted octanol–water partition coefficient (Wildman–Crippen LogP) is 3.40. The van der Waals surface area contributed by atoms with Gasteiger partial charge in [-0.2, -0.15) is 0 Å². The molecule has 2 atom stereocenters. The molecule has 90 valence electrons. The third-order valence-electron chi connectivity index (χ3n) is 3.32. The SMILES string of the molecule is CCCC1C(OCC)CCCC1OCC. The Bertz CT molecular complexity index is 141. The van der Waals surface area contributed by atoms with Crippen molar-refractivity contribution in [2.45, 2.75) is 65.1 Å². The van der Waals surface area contributed by atoms with Gasteiger partial charge in [0.25, 0.3) is 0 Å². The van der Waals surface area contributed by atoms with E-state index in [-0.39, 0.29) is 0 Å². The summed E-state index contributed by atoms with van der Waals surface area (Å²) in [5.74, 6) is 0.628. The van der Waals surface area contributed by atoms with E-state index in [0.29, 0.717) is 18.1 Å². The number of ether oxygens (including phenoxy) is 2. The highest BCUT2D eigenvalue weighted by Gasteiger charge is 2.33. The van der Waals surface area contributed by atoms with Gasteiger partial charge in [-0.1, -0.05) is 13.3 Å². The summed E-state index contributed by atoms with van der Waals surface area (Å²) >= 11 is 0. The van der Waals surface area contributed by atoms with E-state index in [1.165, 1.54) is 32.1 Å². The molecule has 0 aromatic carbocycles. The third-order valence-corrected chi connectivity index (χ3v) is 3.32. The highest BCUT2D eigenvalue weighted by atomic mass is 16.5. The average molecular weight is 214 g/mol. The fourth-order valence-corrected chi connectivity index (χ4v) is 2.73. The van der Waals surface area contributed by atoms with Gasteiger partial charge < -0.3 is 9.47 Å². The van der Waals surface area contributed by atoms with Crippen molar-refractivity contribution in [3.05, 3.63) is 0 Å². The van der Waals surface area contributed by atoms with E-state index in [2.05, 4.69) is 20.8 Å². The molecule has 0 spiro atoms. The van der Waals surface area contributed by atoms with Gasteiger partial charge in [-0.25, -0.2) is 0 Å². The van der Waals surface area contributed by atoms with E-state index >= 15 is 0 Å². The zero-order valence-electron chi connectivity index (χ0n) is 10.5. The van der Waals surface area contributed by atoms with Crippen molar-refractivity contribution in [1.29, 1.82) is 0 Å². The minimum Gasteiger partial charge on any atom is -0.378 e. The molecule has 2 unspecified atom stereocenters. The average Bonchev–Trinajstić information content (AvgIpc) is 2.23. The second-order valence-corrected chi connectivity index (χ2v) is 4.37. The number of rotatable bonds is 6. The summed E-state index contributed by atoms with van der Waals surface area (Å²) in [6.45, 7) is 8.11. The van der Waals surface area contributed by atoms with Gasteiger partial charge in [-0.3, -0.25) is 0 Å². The Morgan fingerprint density at radius 2 is 1.47 bits per heavy atom. The van der Waals surface area contributed by atoms with Crippen LogP contribution in [0.1, 0.15) is 52.9 Å². The van der Waals surface area contributed by atoms with Gasteiger partial charge in [-0.05, 0) is 39.5 Å². The minimum absolute atomic E-state index is 0.445. The van der Waals surface area contributed by atoms with Gasteiger partial charge in [0.2, 0.25) is 0 Å². The molecule has 1 fully saturated rings. The molecule has 0 aromatic rings. The molecule has 0 amide bonds. The van der Waals surface area contributed by atoms with Gasteiger partial charge in [0, 0.05) is 19.1 Å². The maximum atomic E-state index is 5.84. The second-order valence-electron chi connectivity index (χ2n) is 4.37. The monoisotopic (exact) mass is 214 g/mol. The summed E-state index contributed by atoms with van der Waals surface area (Å²) in [6, 6.07) is 0. The van der Waals surface area contributed by atoms with Crippen LogP contribution < -0.4 is 0 Å². The lowest BCUT2D eigenvalue weighted by Gasteiger charge is -2.37. The minimum atomic E-state index is 0.445. The van der Waals surface area contributed by atoms with Crippen molar-refractivity contribution in [3.8, 4) is 0 Å². The summed E-state index contributed by atoms with van der Waals surface area (Å²) in [6.07, 6.45) is 7.08. The Morgan fingerprint density at radius 1 is 0.933 bits per heavy atom. The molecule has 1 rings (SSSR count). The molecule has 0 bridgehead atoms. The predicted molar refractivity (Wildman–Crippen MR) is 63.1 cm³/mol. The number of hydrogen-bond donors (Lipinski definition) is 0. The Kier molecular flexibility index (Phi) is 6.26. The van der Waals surface area contributed by atoms with Crippen LogP contribution in [-0.4, -0.2) is 25.4 Å². The zero-order chi connectivity index (χ0) is 11.1. The molecule has 1 aliphatic carbocycles. The molecule has 0 N–H and O–H groups in total. The lowest BCUT2D eigenvalue weighted by molar-refractivity contribution is -0.0894. The fourth-order valence-electron chi connectivity index (χ4n) is 2.73. The van der Waals surface area contributed by atoms with Gasteiger partial charge in [0.1, 0.15) is 0 Å². The molecule has 1 saturated carbocycles. The van der Waals surface area contributed by atoms with Gasteiger partial charge >= 0.3 is 0 Å². The maximum Gasteiger partial charge on any atom is 0.0627 e. The second kappa shape index (κ2) is 7.24. The normalized spacial score (nSPS) is 31.8. The standard InChI is InChI=1S/C13H26O2/c1-4-8-11-12(14-5-2)9-7-10-13(11)15-6-3/h11-13H,4-10H2,1-3H3. The van der Waals surface area contributed by atoms with Gasteiger partial charge in [-0.15, -0.1) is 0 Å². The lowest BCUT2D eigenvalue weighted by Crippen LogP contribution is -2.39. The molecule has 0 saturated heterocycles. The Morgan fingerprint density at radius 3 is 1.87 bits per heavy atom. The van der Waals surface area contributed by atoms with Crippen LogP contribution in [0.3, 0.4) is 0 Å². The van der Waals surface area contributed by atoms with Crippen LogP contribution in [0.25, 0.3) is 0 Å². The van der Waals surface area contributed by atoms with Crippen LogP contribution in [0.5, 0.6) is 0 Å². The van der Waals surface area contributed by atoms with Crippen LogP contribution in [0.2, 0.25) is 0 Å². The lowest BCUT2D eigenvalue weighted by atomic mass is 9.81. The van der Waals surface area contributed by atoms with Gasteiger partial charge in [0.15, 0.2) is 0 Å². The van der Waals surface area contributed by atoms with Crippen molar-refractivity contribution in [2.24, 2.45) is 5.92 Å². The Balaban J connectivity index is 2.53. The Labute approximate surface area is 94.3 Å². The highest BCUT2D eigenvalue weighted by Crippen LogP contribution is 2.32. The summed E-state index contributed by atoms with van der Waals surface area (Å²) in [5.41, 5.74) is 0. The van der Waals surface area contributed by atoms with Crippen LogP contribution in [-0.2, 0) is 9.47 Å². The van der Waals surface area contributed by atoms with Gasteiger partial charge in [0.05, 0.1) is 12.2 Å². The topological polar surface area (TPSA) is 18.5 Å². The molecule has 15 heavy (non-hydrogen) atoms. The smallest absolute Gasteiger partial charge is 0.0627 e. The Hall–Kier alpha value is -0.0800. The molecule has 0 aromatic heterocycles. The van der Waals surface area contributed by atoms with Crippen LogP contribution >= 0.6 is 0 Å². The first-order valence-electron chi connectivity index (χ1n) is 6.56. The van der Waals surface area contributed by atoms with Crippen LogP contribution in [0.15, 0.2) is 0 Å².